The molecular formula is C44H37F41O10. The molecule has 0 saturated heterocycles. The molecule has 0 rings (SSSR count). The third kappa shape index (κ3) is 25.9. The van der Waals surface area contributed by atoms with Crippen molar-refractivity contribution in [3.8, 4) is 0 Å². The summed E-state index contributed by atoms with van der Waals surface area (Å²) in [6.07, 6.45) is -41.7. The van der Waals surface area contributed by atoms with Gasteiger partial charge in [0, 0.05) is 28.9 Å². The van der Waals surface area contributed by atoms with Gasteiger partial charge < -0.3 is 23.7 Å². The van der Waals surface area contributed by atoms with Crippen molar-refractivity contribution >= 4 is 29.8 Å². The van der Waals surface area contributed by atoms with Crippen LogP contribution in [0.25, 0.3) is 0 Å². The largest absolute Gasteiger partial charge is 0.456 e. The van der Waals surface area contributed by atoms with Gasteiger partial charge >= 0.3 is 138 Å². The number of hydrogen-bond donors (Lipinski definition) is 0. The molecule has 10 nitrogen and oxygen atoms in total. The molecule has 0 aromatic heterocycles. The van der Waals surface area contributed by atoms with Gasteiger partial charge in [0.2, 0.25) is 6.36 Å². The molecule has 0 N–H and O–H groups in total. The third-order valence-electron chi connectivity index (χ3n) is 9.14. The second kappa shape index (κ2) is 34.4. The smallest absolute Gasteiger partial charge is 0.425 e. The van der Waals surface area contributed by atoms with Gasteiger partial charge in [0.15, 0.2) is 26.4 Å². The highest BCUT2D eigenvalue weighted by atomic mass is 19.4. The molecule has 0 aliphatic heterocycles. The monoisotopic (exact) mass is 1500 g/mol. The van der Waals surface area contributed by atoms with Crippen molar-refractivity contribution in [2.45, 2.75) is 155 Å². The van der Waals surface area contributed by atoms with Crippen LogP contribution in [0, 0.1) is 0 Å². The van der Waals surface area contributed by atoms with Gasteiger partial charge in [-0.25, -0.2) is 63.5 Å². The van der Waals surface area contributed by atoms with Crippen molar-refractivity contribution in [2.75, 3.05) is 26.4 Å². The van der Waals surface area contributed by atoms with Crippen LogP contribution >= 0.6 is 0 Å². The van der Waals surface area contributed by atoms with Gasteiger partial charge in [0.1, 0.15) is 0 Å². The van der Waals surface area contributed by atoms with E-state index in [0.717, 1.165) is 6.92 Å². The van der Waals surface area contributed by atoms with E-state index in [2.05, 4.69) is 56.6 Å². The van der Waals surface area contributed by atoms with Gasteiger partial charge in [-0.15, -0.1) is 0 Å². The maximum absolute atomic E-state index is 13.5. The number of halogens is 41. The molecule has 51 heteroatoms. The molecule has 0 fully saturated rings. The van der Waals surface area contributed by atoms with Gasteiger partial charge in [0.25, 0.3) is 12.3 Å². The molecule has 0 aromatic rings. The standard InChI is InChI=1S/C14H9F17O2.C8H6F8O2.C8H8F6O2.C7H6F6O2.C7H8F4O2/c1-4(2)6(32)33-5(15)3-8(18,19)10(22,23)12(26,27)14(30,31)13(28,29)11(24,25)9(20,21)7(16)17;1-2-4(17)18-3-6(11,12)8(15,16)7(13,14)5(9)10;1-4(2)5(15)16-3-7(10,11)6(9)8(12,13)14;1-2-4(14)15-3-6(9,10)5(8)7(11,12)13;1-4(2)5(12)13-3-7(10,11)6(8)9/h5,7H,1,3H2,2H3;2,5H,1,3H2;6H,1,3H2,2H3;2,5H,1,3H2;6H,1,3H2,2H3. The number of rotatable bonds is 29. The summed E-state index contributed by atoms with van der Waals surface area (Å²) in [7, 11) is 0. The fourth-order valence-corrected chi connectivity index (χ4v) is 3.93. The number of carbonyl (C=O) groups excluding carboxylic acids is 5. The molecule has 0 heterocycles. The lowest BCUT2D eigenvalue weighted by Crippen LogP contribution is -2.73. The molecule has 0 aromatic carbocycles. The maximum Gasteiger partial charge on any atom is 0.425 e. The quantitative estimate of drug-likeness (QED) is 0.0309. The summed E-state index contributed by atoms with van der Waals surface area (Å²) in [5.41, 5.74) is -1.20. The van der Waals surface area contributed by atoms with E-state index >= 15 is 0 Å². The Kier molecular flexibility index (Phi) is 35.1. The van der Waals surface area contributed by atoms with Gasteiger partial charge in [-0.3, -0.25) is 0 Å². The second-order valence-corrected chi connectivity index (χ2v) is 17.2. The van der Waals surface area contributed by atoms with E-state index in [1.54, 1.807) is 0 Å². The summed E-state index contributed by atoms with van der Waals surface area (Å²) in [6, 6.07) is 0. The van der Waals surface area contributed by atoms with Crippen molar-refractivity contribution in [3.05, 3.63) is 61.8 Å². The Hall–Kier alpha value is -6.82. The molecule has 0 spiro atoms. The van der Waals surface area contributed by atoms with Gasteiger partial charge in [-0.05, 0) is 20.8 Å². The highest BCUT2D eigenvalue weighted by Gasteiger charge is 2.93. The second-order valence-electron chi connectivity index (χ2n) is 17.2. The van der Waals surface area contributed by atoms with Crippen LogP contribution in [0.5, 0.6) is 0 Å². The summed E-state index contributed by atoms with van der Waals surface area (Å²) < 4.78 is 530. The Morgan fingerprint density at radius 3 is 0.874 bits per heavy atom. The lowest BCUT2D eigenvalue weighted by atomic mass is 9.88. The van der Waals surface area contributed by atoms with E-state index in [4.69, 9.17) is 0 Å². The first-order chi connectivity index (χ1) is 41.4. The summed E-state index contributed by atoms with van der Waals surface area (Å²) in [4.78, 5) is 52.5. The molecule has 0 saturated carbocycles. The molecule has 0 aliphatic rings. The van der Waals surface area contributed by atoms with E-state index < -0.39 is 196 Å². The van der Waals surface area contributed by atoms with Crippen molar-refractivity contribution in [1.29, 1.82) is 0 Å². The minimum atomic E-state index is -8.57. The fourth-order valence-electron chi connectivity index (χ4n) is 3.93. The SMILES string of the molecule is C=C(C)C(=O)OC(F)CC(F)(F)C(F)(F)C(F)(F)C(F)(F)C(F)(F)C(F)(F)C(F)(F)C(F)F.C=C(C)C(=O)OCC(F)(F)C(F)C(F)(F)F.C=C(C)C(=O)OCC(F)(F)C(F)F.C=CC(=O)OCC(F)(F)C(F)(F)C(F)(F)C(F)F.C=CC(=O)OCC(F)(F)C(F)C(F)(F)F. The topological polar surface area (TPSA) is 132 Å². The van der Waals surface area contributed by atoms with Crippen LogP contribution in [0.4, 0.5) is 180 Å². The average Bonchev–Trinajstić information content (AvgIpc) is 0.701. The Morgan fingerprint density at radius 2 is 0.600 bits per heavy atom. The minimum Gasteiger partial charge on any atom is -0.456 e. The van der Waals surface area contributed by atoms with Crippen LogP contribution in [0.2, 0.25) is 0 Å². The molecule has 560 valence electrons. The summed E-state index contributed by atoms with van der Waals surface area (Å²) in [6.45, 7) is 9.36. The normalized spacial score (nSPS) is 14.5. The molecule has 0 aliphatic carbocycles. The van der Waals surface area contributed by atoms with Crippen LogP contribution in [0.15, 0.2) is 61.8 Å². The molecule has 95 heavy (non-hydrogen) atoms. The number of alkyl halides is 41. The number of carbonyl (C=O) groups is 5. The summed E-state index contributed by atoms with van der Waals surface area (Å²) in [5.74, 6) is -95.7. The van der Waals surface area contributed by atoms with Gasteiger partial charge in [-0.1, -0.05) is 32.9 Å². The first-order valence-electron chi connectivity index (χ1n) is 22.3. The van der Waals surface area contributed by atoms with Crippen LogP contribution < -0.4 is 0 Å². The van der Waals surface area contributed by atoms with Crippen molar-refractivity contribution in [1.82, 2.24) is 0 Å². The first-order valence-corrected chi connectivity index (χ1v) is 22.3. The maximum atomic E-state index is 13.5. The fraction of sp³-hybridized carbons (Fsp3) is 0.659. The Bertz CT molecular complexity index is 2570. The molecule has 3 atom stereocenters. The van der Waals surface area contributed by atoms with Gasteiger partial charge in [0.05, 0.1) is 6.42 Å². The predicted molar refractivity (Wildman–Crippen MR) is 229 cm³/mol. The Morgan fingerprint density at radius 1 is 0.337 bits per heavy atom. The van der Waals surface area contributed by atoms with Crippen LogP contribution in [-0.2, 0) is 47.7 Å². The van der Waals surface area contributed by atoms with Crippen molar-refractivity contribution < 1.29 is 228 Å². The zero-order valence-electron chi connectivity index (χ0n) is 45.8. The third-order valence-corrected chi connectivity index (χ3v) is 9.14. The summed E-state index contributed by atoms with van der Waals surface area (Å²) in [5, 5.41) is 0. The van der Waals surface area contributed by atoms with Gasteiger partial charge in [-0.2, -0.15) is 140 Å². The van der Waals surface area contributed by atoms with Crippen molar-refractivity contribution in [2.24, 2.45) is 0 Å². The molecule has 0 amide bonds. The predicted octanol–water partition coefficient (Wildman–Crippen LogP) is 16.3. The highest BCUT2D eigenvalue weighted by molar-refractivity contribution is 5.87. The number of esters is 5. The molecular weight excluding hydrogens is 1470 g/mol. The van der Waals surface area contributed by atoms with E-state index in [1.165, 1.54) is 6.92 Å². The summed E-state index contributed by atoms with van der Waals surface area (Å²) >= 11 is 0. The lowest BCUT2D eigenvalue weighted by molar-refractivity contribution is -0.448. The Labute approximate surface area is 500 Å². The van der Waals surface area contributed by atoms with E-state index in [1.807, 2.05) is 0 Å². The zero-order chi connectivity index (χ0) is 78.1. The van der Waals surface area contributed by atoms with Crippen molar-refractivity contribution in [3.63, 3.8) is 0 Å². The number of hydrogen-bond acceptors (Lipinski definition) is 10. The minimum absolute atomic E-state index is 0.120. The van der Waals surface area contributed by atoms with Crippen LogP contribution in [0.1, 0.15) is 27.2 Å². The molecule has 0 bridgehead atoms. The van der Waals surface area contributed by atoms with E-state index in [9.17, 15) is 204 Å². The first kappa shape index (κ1) is 96.9. The van der Waals surface area contributed by atoms with E-state index in [-0.39, 0.29) is 11.1 Å². The molecule has 3 unspecified atom stereocenters. The van der Waals surface area contributed by atoms with Crippen LogP contribution in [-0.4, -0.2) is 184 Å². The average molecular weight is 1500 g/mol. The highest BCUT2D eigenvalue weighted by Crippen LogP contribution is 2.63. The zero-order valence-corrected chi connectivity index (χ0v) is 45.8. The van der Waals surface area contributed by atoms with E-state index in [0.29, 0.717) is 19.1 Å². The Balaban J connectivity index is -0.000000374. The lowest BCUT2D eigenvalue weighted by Gasteiger charge is -2.42. The number of ether oxygens (including phenoxy) is 5. The van der Waals surface area contributed by atoms with Crippen LogP contribution in [0.3, 0.4) is 0 Å². The molecule has 0 radical (unpaired) electrons.